The van der Waals surface area contributed by atoms with Gasteiger partial charge < -0.3 is 9.84 Å². The summed E-state index contributed by atoms with van der Waals surface area (Å²) in [4.78, 5) is 16.5. The minimum atomic E-state index is -0.749. The summed E-state index contributed by atoms with van der Waals surface area (Å²) in [6.45, 7) is 2.16. The summed E-state index contributed by atoms with van der Waals surface area (Å²) in [6.07, 6.45) is -0.749. The Morgan fingerprint density at radius 2 is 1.70 bits per heavy atom. The van der Waals surface area contributed by atoms with Crippen LogP contribution in [0.1, 0.15) is 24.2 Å². The highest BCUT2D eigenvalue weighted by atomic mass is 16.6. The number of rotatable bonds is 4. The van der Waals surface area contributed by atoms with E-state index in [2.05, 4.69) is 4.99 Å². The molecular weight excluding hydrogens is 290 g/mol. The highest BCUT2D eigenvalue weighted by Crippen LogP contribution is 2.33. The third-order valence-electron chi connectivity index (χ3n) is 3.74. The number of ether oxygens (including phenoxy) is 1. The fourth-order valence-electron chi connectivity index (χ4n) is 2.52. The first-order chi connectivity index (χ1) is 11.2. The summed E-state index contributed by atoms with van der Waals surface area (Å²) in [7, 11) is 0. The Kier molecular flexibility index (Phi) is 4.24. The monoisotopic (exact) mass is 307 g/mol. The maximum absolute atomic E-state index is 12.1. The number of esters is 1. The van der Waals surface area contributed by atoms with Crippen molar-refractivity contribution in [2.75, 3.05) is 0 Å². The Labute approximate surface area is 134 Å². The number of benzene rings is 2. The van der Waals surface area contributed by atoms with Crippen molar-refractivity contribution in [1.29, 1.82) is 0 Å². The summed E-state index contributed by atoms with van der Waals surface area (Å²) in [5.41, 5.74) is 2.42. The third-order valence-corrected chi connectivity index (χ3v) is 3.74. The highest BCUT2D eigenvalue weighted by Gasteiger charge is 2.36. The first-order valence-corrected chi connectivity index (χ1v) is 7.41. The van der Waals surface area contributed by atoms with Crippen LogP contribution in [0.2, 0.25) is 0 Å². The molecule has 2 aromatic carbocycles. The maximum atomic E-state index is 12.1. The topological polar surface area (TPSA) is 58.9 Å². The van der Waals surface area contributed by atoms with E-state index >= 15 is 0 Å². The zero-order chi connectivity index (χ0) is 16.2. The summed E-state index contributed by atoms with van der Waals surface area (Å²) < 4.78 is 5.30. The molecule has 0 aromatic heterocycles. The van der Waals surface area contributed by atoms with Crippen LogP contribution in [0.15, 0.2) is 77.0 Å². The van der Waals surface area contributed by atoms with Gasteiger partial charge in [-0.05, 0) is 12.5 Å². The molecule has 116 valence electrons. The van der Waals surface area contributed by atoms with E-state index in [4.69, 9.17) is 4.74 Å². The summed E-state index contributed by atoms with van der Waals surface area (Å²) in [6, 6.07) is 18.9. The second kappa shape index (κ2) is 6.48. The Balaban J connectivity index is 1.85. The molecule has 1 N–H and O–H groups in total. The van der Waals surface area contributed by atoms with Crippen LogP contribution < -0.4 is 0 Å². The quantitative estimate of drug-likeness (QED) is 0.691. The third kappa shape index (κ3) is 3.16. The molecule has 23 heavy (non-hydrogen) atoms. The van der Waals surface area contributed by atoms with Crippen molar-refractivity contribution in [3.63, 3.8) is 0 Å². The summed E-state index contributed by atoms with van der Waals surface area (Å²) >= 11 is 0. The number of aliphatic hydroxyl groups excluding tert-OH is 1. The Bertz CT molecular complexity index is 764. The number of hydrogen-bond acceptors (Lipinski definition) is 4. The van der Waals surface area contributed by atoms with Crippen molar-refractivity contribution < 1.29 is 14.6 Å². The lowest BCUT2D eigenvalue weighted by atomic mass is 10.0. The molecule has 0 radical (unpaired) electrons. The van der Waals surface area contributed by atoms with Crippen LogP contribution in [0, 0.1) is 0 Å². The predicted molar refractivity (Wildman–Crippen MR) is 88.2 cm³/mol. The van der Waals surface area contributed by atoms with Gasteiger partial charge in [0.05, 0.1) is 12.3 Å². The SMILES string of the molecule is CC(=NCc1ccccc1)C1=C(O)C(c2ccccc2)OC1=O. The largest absolute Gasteiger partial charge is 0.507 e. The van der Waals surface area contributed by atoms with Crippen LogP contribution in [-0.4, -0.2) is 16.8 Å². The van der Waals surface area contributed by atoms with E-state index in [1.807, 2.05) is 60.7 Å². The Hall–Kier alpha value is -2.88. The minimum Gasteiger partial charge on any atom is -0.507 e. The molecule has 0 saturated carbocycles. The van der Waals surface area contributed by atoms with Gasteiger partial charge in [-0.2, -0.15) is 0 Å². The van der Waals surface area contributed by atoms with E-state index in [1.165, 1.54) is 0 Å². The molecule has 1 heterocycles. The van der Waals surface area contributed by atoms with Gasteiger partial charge in [0.15, 0.2) is 11.9 Å². The minimum absolute atomic E-state index is 0.0736. The van der Waals surface area contributed by atoms with E-state index in [0.29, 0.717) is 12.3 Å². The van der Waals surface area contributed by atoms with E-state index < -0.39 is 12.1 Å². The number of cyclic esters (lactones) is 1. The van der Waals surface area contributed by atoms with Crippen LogP contribution in [0.3, 0.4) is 0 Å². The van der Waals surface area contributed by atoms with Crippen LogP contribution in [0.5, 0.6) is 0 Å². The summed E-state index contributed by atoms with van der Waals surface area (Å²) in [5.74, 6) is -0.610. The number of hydrogen-bond donors (Lipinski definition) is 1. The van der Waals surface area contributed by atoms with Gasteiger partial charge in [-0.15, -0.1) is 0 Å². The fourth-order valence-corrected chi connectivity index (χ4v) is 2.52. The van der Waals surface area contributed by atoms with Gasteiger partial charge in [0, 0.05) is 5.56 Å². The Morgan fingerprint density at radius 3 is 2.35 bits per heavy atom. The molecule has 1 atom stereocenters. The van der Waals surface area contributed by atoms with E-state index in [0.717, 1.165) is 11.1 Å². The predicted octanol–water partition coefficient (Wildman–Crippen LogP) is 3.76. The molecule has 4 heteroatoms. The van der Waals surface area contributed by atoms with Crippen molar-refractivity contribution in [2.45, 2.75) is 19.6 Å². The number of carbonyl (C=O) groups excluding carboxylic acids is 1. The van der Waals surface area contributed by atoms with E-state index in [-0.39, 0.29) is 11.3 Å². The molecule has 0 amide bonds. The van der Waals surface area contributed by atoms with E-state index in [9.17, 15) is 9.90 Å². The van der Waals surface area contributed by atoms with Gasteiger partial charge in [-0.3, -0.25) is 4.99 Å². The molecule has 3 rings (SSSR count). The van der Waals surface area contributed by atoms with Gasteiger partial charge in [-0.1, -0.05) is 60.7 Å². The lowest BCUT2D eigenvalue weighted by molar-refractivity contribution is -0.140. The first kappa shape index (κ1) is 15.0. The Morgan fingerprint density at radius 1 is 1.09 bits per heavy atom. The van der Waals surface area contributed by atoms with Crippen LogP contribution >= 0.6 is 0 Å². The lowest BCUT2D eigenvalue weighted by Crippen LogP contribution is -2.08. The molecule has 1 aliphatic rings. The van der Waals surface area contributed by atoms with Gasteiger partial charge in [0.1, 0.15) is 5.57 Å². The highest BCUT2D eigenvalue weighted by molar-refractivity contribution is 6.20. The molecule has 0 saturated heterocycles. The molecule has 1 aliphatic heterocycles. The number of nitrogens with zero attached hydrogens (tertiary/aromatic N) is 1. The molecule has 0 fully saturated rings. The van der Waals surface area contributed by atoms with E-state index in [1.54, 1.807) is 6.92 Å². The standard InChI is InChI=1S/C19H17NO3/c1-13(20-12-14-8-4-2-5-9-14)16-17(21)18(23-19(16)22)15-10-6-3-7-11-15/h2-11,18,21H,12H2,1H3. The van der Waals surface area contributed by atoms with Crippen molar-refractivity contribution in [1.82, 2.24) is 0 Å². The number of aliphatic hydroxyl groups is 1. The number of aliphatic imine (C=N–C) groups is 1. The molecule has 0 spiro atoms. The smallest absolute Gasteiger partial charge is 0.344 e. The second-order valence-electron chi connectivity index (χ2n) is 5.34. The van der Waals surface area contributed by atoms with Gasteiger partial charge >= 0.3 is 5.97 Å². The van der Waals surface area contributed by atoms with Crippen LogP contribution in [-0.2, 0) is 16.1 Å². The zero-order valence-corrected chi connectivity index (χ0v) is 12.8. The van der Waals surface area contributed by atoms with Gasteiger partial charge in [0.2, 0.25) is 0 Å². The summed E-state index contributed by atoms with van der Waals surface area (Å²) in [5, 5.41) is 10.4. The van der Waals surface area contributed by atoms with Gasteiger partial charge in [-0.25, -0.2) is 4.79 Å². The van der Waals surface area contributed by atoms with Crippen molar-refractivity contribution in [3.8, 4) is 0 Å². The molecule has 4 nitrogen and oxygen atoms in total. The van der Waals surface area contributed by atoms with Crippen molar-refractivity contribution in [3.05, 3.63) is 83.1 Å². The average molecular weight is 307 g/mol. The molecule has 0 bridgehead atoms. The molecule has 1 unspecified atom stereocenters. The first-order valence-electron chi connectivity index (χ1n) is 7.41. The molecular formula is C19H17NO3. The van der Waals surface area contributed by atoms with Crippen LogP contribution in [0.4, 0.5) is 0 Å². The van der Waals surface area contributed by atoms with Crippen molar-refractivity contribution in [2.24, 2.45) is 4.99 Å². The maximum Gasteiger partial charge on any atom is 0.344 e. The van der Waals surface area contributed by atoms with Crippen molar-refractivity contribution >= 4 is 11.7 Å². The fraction of sp³-hybridized carbons (Fsp3) is 0.158. The number of carbonyl (C=O) groups is 1. The average Bonchev–Trinajstić information content (AvgIpc) is 2.89. The van der Waals surface area contributed by atoms with Crippen LogP contribution in [0.25, 0.3) is 0 Å². The second-order valence-corrected chi connectivity index (χ2v) is 5.34. The normalized spacial score (nSPS) is 18.2. The zero-order valence-electron chi connectivity index (χ0n) is 12.8. The molecule has 0 aliphatic carbocycles. The lowest BCUT2D eigenvalue weighted by Gasteiger charge is -2.09. The van der Waals surface area contributed by atoms with Gasteiger partial charge in [0.25, 0.3) is 0 Å². The molecule has 2 aromatic rings.